The van der Waals surface area contributed by atoms with Crippen LogP contribution >= 0.6 is 0 Å². The lowest BCUT2D eigenvalue weighted by Crippen LogP contribution is -2.43. The van der Waals surface area contributed by atoms with E-state index >= 15 is 0 Å². The van der Waals surface area contributed by atoms with Crippen molar-refractivity contribution in [2.45, 2.75) is 45.3 Å². The first-order valence-electron chi connectivity index (χ1n) is 11.1. The summed E-state index contributed by atoms with van der Waals surface area (Å²) in [6.45, 7) is 6.71. The fraction of sp³-hybridized carbons (Fsp3) is 0.280. The van der Waals surface area contributed by atoms with Crippen molar-refractivity contribution >= 4 is 29.2 Å². The lowest BCUT2D eigenvalue weighted by atomic mass is 9.81. The van der Waals surface area contributed by atoms with E-state index in [0.29, 0.717) is 17.4 Å². The second-order valence-electron chi connectivity index (χ2n) is 8.88. The summed E-state index contributed by atoms with van der Waals surface area (Å²) >= 11 is 0. The van der Waals surface area contributed by atoms with E-state index in [1.165, 1.54) is 13.8 Å². The highest BCUT2D eigenvalue weighted by atomic mass is 19.1. The van der Waals surface area contributed by atoms with Crippen molar-refractivity contribution in [1.82, 2.24) is 15.5 Å². The number of H-pyrrole nitrogens is 1. The highest BCUT2D eigenvalue weighted by molar-refractivity contribution is 5.97. The Morgan fingerprint density at radius 3 is 2.17 bits per heavy atom. The van der Waals surface area contributed by atoms with Gasteiger partial charge in [0.15, 0.2) is 6.10 Å². The molecule has 0 fully saturated rings. The molecule has 1 aromatic heterocycles. The maximum atomic E-state index is 13.4. The van der Waals surface area contributed by atoms with Gasteiger partial charge in [-0.3, -0.25) is 19.5 Å². The topological polar surface area (TPSA) is 136 Å². The van der Waals surface area contributed by atoms with Gasteiger partial charge in [-0.1, -0.05) is 26.0 Å². The summed E-state index contributed by atoms with van der Waals surface area (Å²) < 4.78 is 26.7. The molecular formula is C25H27F2N5O4. The van der Waals surface area contributed by atoms with Crippen molar-refractivity contribution in [2.24, 2.45) is 0 Å². The number of rotatable bonds is 8. The molecule has 190 valence electrons. The van der Waals surface area contributed by atoms with Crippen molar-refractivity contribution in [1.29, 1.82) is 0 Å². The Morgan fingerprint density at radius 2 is 1.58 bits per heavy atom. The van der Waals surface area contributed by atoms with Gasteiger partial charge < -0.3 is 21.1 Å². The maximum Gasteiger partial charge on any atom is 0.254 e. The molecule has 0 radical (unpaired) electrons. The summed E-state index contributed by atoms with van der Waals surface area (Å²) in [5, 5.41) is 24.7. The van der Waals surface area contributed by atoms with Gasteiger partial charge in [0.2, 0.25) is 11.8 Å². The van der Waals surface area contributed by atoms with Crippen LogP contribution in [-0.4, -0.2) is 39.1 Å². The third kappa shape index (κ3) is 6.30. The molecule has 11 heteroatoms. The molecule has 3 aromatic rings. The number of aliphatic hydroxyl groups is 1. The van der Waals surface area contributed by atoms with E-state index < -0.39 is 41.0 Å². The number of amides is 3. The number of hydrogen-bond donors (Lipinski definition) is 5. The summed E-state index contributed by atoms with van der Waals surface area (Å²) in [5.41, 5.74) is 1.40. The number of nitrogens with one attached hydrogen (secondary N) is 4. The monoisotopic (exact) mass is 499 g/mol. The van der Waals surface area contributed by atoms with Crippen LogP contribution in [-0.2, 0) is 19.8 Å². The molecule has 3 rings (SSSR count). The van der Waals surface area contributed by atoms with Gasteiger partial charge in [-0.25, -0.2) is 8.78 Å². The molecule has 36 heavy (non-hydrogen) atoms. The van der Waals surface area contributed by atoms with Crippen molar-refractivity contribution in [3.8, 4) is 0 Å². The summed E-state index contributed by atoms with van der Waals surface area (Å²) in [5.74, 6) is -3.36. The number of hydrogen-bond acceptors (Lipinski definition) is 5. The number of benzene rings is 2. The molecule has 0 aliphatic rings. The maximum absolute atomic E-state index is 13.4. The number of carbonyl (C=O) groups is 3. The van der Waals surface area contributed by atoms with Gasteiger partial charge in [-0.05, 0) is 42.3 Å². The predicted octanol–water partition coefficient (Wildman–Crippen LogP) is 3.15. The molecule has 1 heterocycles. The second-order valence-corrected chi connectivity index (χ2v) is 8.88. The van der Waals surface area contributed by atoms with Crippen molar-refractivity contribution < 1.29 is 28.3 Å². The zero-order valence-corrected chi connectivity index (χ0v) is 20.1. The van der Waals surface area contributed by atoms with Crippen LogP contribution in [0.25, 0.3) is 0 Å². The van der Waals surface area contributed by atoms with Crippen LogP contribution in [0.3, 0.4) is 0 Å². The van der Waals surface area contributed by atoms with Gasteiger partial charge in [0.05, 0.1) is 5.69 Å². The first kappa shape index (κ1) is 26.5. The smallest absolute Gasteiger partial charge is 0.254 e. The predicted molar refractivity (Wildman–Crippen MR) is 129 cm³/mol. The Hall–Kier alpha value is -4.12. The number of anilines is 2. The molecular weight excluding hydrogens is 472 g/mol. The van der Waals surface area contributed by atoms with Gasteiger partial charge in [0, 0.05) is 30.2 Å². The van der Waals surface area contributed by atoms with E-state index in [0.717, 1.165) is 17.7 Å². The molecule has 2 aromatic carbocycles. The molecule has 0 bridgehead atoms. The lowest BCUT2D eigenvalue weighted by molar-refractivity contribution is -0.132. The van der Waals surface area contributed by atoms with Crippen LogP contribution in [0.5, 0.6) is 0 Å². The van der Waals surface area contributed by atoms with Gasteiger partial charge in [0.1, 0.15) is 23.5 Å². The SMILES string of the molecule is CC(=O)Nc1ccc(C(C)(C)c2cc(NC(=O)C(C)NC(=O)C(O)c3cc(F)cc(F)c3)[nH]n2)cc1. The highest BCUT2D eigenvalue weighted by Crippen LogP contribution is 2.32. The van der Waals surface area contributed by atoms with Gasteiger partial charge in [-0.15, -0.1) is 0 Å². The minimum atomic E-state index is -1.86. The lowest BCUT2D eigenvalue weighted by Gasteiger charge is -2.23. The molecule has 2 atom stereocenters. The first-order chi connectivity index (χ1) is 16.9. The zero-order valence-electron chi connectivity index (χ0n) is 20.1. The number of halogens is 2. The number of aromatic nitrogens is 2. The largest absolute Gasteiger partial charge is 0.378 e. The molecule has 9 nitrogen and oxygen atoms in total. The van der Waals surface area contributed by atoms with E-state index in [-0.39, 0.29) is 17.3 Å². The number of carbonyl (C=O) groups excluding carboxylic acids is 3. The molecule has 5 N–H and O–H groups in total. The normalized spacial score (nSPS) is 13.0. The Labute approximate surface area is 206 Å². The molecule has 2 unspecified atom stereocenters. The third-order valence-corrected chi connectivity index (χ3v) is 5.60. The minimum absolute atomic E-state index is 0.169. The fourth-order valence-electron chi connectivity index (χ4n) is 3.51. The van der Waals surface area contributed by atoms with Gasteiger partial charge in [0.25, 0.3) is 5.91 Å². The van der Waals surface area contributed by atoms with E-state index in [2.05, 4.69) is 26.1 Å². The molecule has 3 amide bonds. The molecule has 0 aliphatic heterocycles. The van der Waals surface area contributed by atoms with Crippen molar-refractivity contribution in [3.63, 3.8) is 0 Å². The first-order valence-corrected chi connectivity index (χ1v) is 11.1. The quantitative estimate of drug-likeness (QED) is 0.324. The van der Waals surface area contributed by atoms with Crippen LogP contribution in [0.1, 0.15) is 50.6 Å². The zero-order chi connectivity index (χ0) is 26.6. The Balaban J connectivity index is 1.63. The molecule has 0 aliphatic carbocycles. The van der Waals surface area contributed by atoms with Crippen LogP contribution < -0.4 is 16.0 Å². The Bertz CT molecular complexity index is 1250. The molecule has 0 saturated heterocycles. The highest BCUT2D eigenvalue weighted by Gasteiger charge is 2.28. The van der Waals surface area contributed by atoms with E-state index in [4.69, 9.17) is 0 Å². The average molecular weight is 500 g/mol. The van der Waals surface area contributed by atoms with Gasteiger partial charge in [-0.2, -0.15) is 5.10 Å². The molecule has 0 spiro atoms. The average Bonchev–Trinajstić information content (AvgIpc) is 3.27. The van der Waals surface area contributed by atoms with Crippen LogP contribution in [0, 0.1) is 11.6 Å². The number of nitrogens with zero attached hydrogens (tertiary/aromatic N) is 1. The fourth-order valence-corrected chi connectivity index (χ4v) is 3.51. The van der Waals surface area contributed by atoms with Crippen LogP contribution in [0.4, 0.5) is 20.3 Å². The minimum Gasteiger partial charge on any atom is -0.378 e. The summed E-state index contributed by atoms with van der Waals surface area (Å²) in [6, 6.07) is 10.2. The molecule has 0 saturated carbocycles. The van der Waals surface area contributed by atoms with Crippen molar-refractivity contribution in [3.05, 3.63) is 77.0 Å². The summed E-state index contributed by atoms with van der Waals surface area (Å²) in [6.07, 6.45) is -1.86. The van der Waals surface area contributed by atoms with E-state index in [1.54, 1.807) is 18.2 Å². The number of aliphatic hydroxyl groups excluding tert-OH is 1. The van der Waals surface area contributed by atoms with E-state index in [9.17, 15) is 28.3 Å². The van der Waals surface area contributed by atoms with Crippen LogP contribution in [0.15, 0.2) is 48.5 Å². The van der Waals surface area contributed by atoms with E-state index in [1.807, 2.05) is 26.0 Å². The Kier molecular flexibility index (Phi) is 7.83. The second kappa shape index (κ2) is 10.6. The standard InChI is InChI=1S/C25H27F2N5O4/c1-13(28-24(36)22(34)15-9-17(26)11-18(27)10-15)23(35)30-21-12-20(31-32-21)25(3,4)16-5-7-19(8-6-16)29-14(2)33/h5-13,22,34H,1-4H3,(H,28,36)(H,29,33)(H2,30,31,32,35). The third-order valence-electron chi connectivity index (χ3n) is 5.60. The summed E-state index contributed by atoms with van der Waals surface area (Å²) in [7, 11) is 0. The van der Waals surface area contributed by atoms with Gasteiger partial charge >= 0.3 is 0 Å². The van der Waals surface area contributed by atoms with Crippen LogP contribution in [0.2, 0.25) is 0 Å². The number of aromatic amines is 1. The summed E-state index contributed by atoms with van der Waals surface area (Å²) in [4.78, 5) is 36.1. The Morgan fingerprint density at radius 1 is 0.972 bits per heavy atom. The van der Waals surface area contributed by atoms with Crippen molar-refractivity contribution in [2.75, 3.05) is 10.6 Å².